The SMILES string of the molecule is CC1(C)C2CCC1(C)C(Oc1c(N)cc(N)c(Cl)c1F)C2. The number of hydrogen-bond acceptors (Lipinski definition) is 3. The standard InChI is InChI=1S/C16H22ClFN2O/c1-15(2)8-4-5-16(15,3)11(6-8)21-14-10(20)7-9(19)12(17)13(14)18/h7-8,11H,4-6,19-20H2,1-3H3. The summed E-state index contributed by atoms with van der Waals surface area (Å²) in [7, 11) is 0. The Bertz CT molecular complexity index is 604. The largest absolute Gasteiger partial charge is 0.485 e. The van der Waals surface area contributed by atoms with Gasteiger partial charge in [0.15, 0.2) is 11.6 Å². The lowest BCUT2D eigenvalue weighted by Crippen LogP contribution is -2.39. The molecule has 2 aliphatic carbocycles. The number of hydrogen-bond donors (Lipinski definition) is 2. The maximum atomic E-state index is 14.3. The van der Waals surface area contributed by atoms with Gasteiger partial charge in [-0.2, -0.15) is 0 Å². The lowest BCUT2D eigenvalue weighted by atomic mass is 9.70. The van der Waals surface area contributed by atoms with Gasteiger partial charge in [0.05, 0.1) is 11.4 Å². The zero-order valence-corrected chi connectivity index (χ0v) is 13.4. The van der Waals surface area contributed by atoms with E-state index < -0.39 is 5.82 Å². The summed E-state index contributed by atoms with van der Waals surface area (Å²) in [5.74, 6) is 0.00293. The molecule has 2 aliphatic rings. The molecule has 0 heterocycles. The Morgan fingerprint density at radius 1 is 1.29 bits per heavy atom. The minimum Gasteiger partial charge on any atom is -0.485 e. The van der Waals surface area contributed by atoms with E-state index in [1.165, 1.54) is 12.5 Å². The molecule has 3 atom stereocenters. The van der Waals surface area contributed by atoms with E-state index in [1.807, 2.05) is 0 Å². The van der Waals surface area contributed by atoms with Gasteiger partial charge in [-0.3, -0.25) is 0 Å². The van der Waals surface area contributed by atoms with Crippen LogP contribution in [0.3, 0.4) is 0 Å². The number of fused-ring (bicyclic) bond motifs is 2. The highest BCUT2D eigenvalue weighted by molar-refractivity contribution is 6.33. The summed E-state index contributed by atoms with van der Waals surface area (Å²) in [5.41, 5.74) is 12.1. The van der Waals surface area contributed by atoms with E-state index >= 15 is 0 Å². The van der Waals surface area contributed by atoms with E-state index in [0.29, 0.717) is 5.92 Å². The molecule has 21 heavy (non-hydrogen) atoms. The van der Waals surface area contributed by atoms with Crippen molar-refractivity contribution in [2.24, 2.45) is 16.7 Å². The quantitative estimate of drug-likeness (QED) is 0.803. The first-order valence-corrected chi connectivity index (χ1v) is 7.76. The van der Waals surface area contributed by atoms with Crippen molar-refractivity contribution in [3.05, 3.63) is 16.9 Å². The number of benzene rings is 1. The highest BCUT2D eigenvalue weighted by Gasteiger charge is 2.62. The average molecular weight is 313 g/mol. The minimum absolute atomic E-state index is 0.0322. The highest BCUT2D eigenvalue weighted by atomic mass is 35.5. The van der Waals surface area contributed by atoms with Crippen LogP contribution in [-0.2, 0) is 0 Å². The molecule has 0 aliphatic heterocycles. The van der Waals surface area contributed by atoms with Crippen molar-refractivity contribution >= 4 is 23.0 Å². The fourth-order valence-corrected chi connectivity index (χ4v) is 4.36. The van der Waals surface area contributed by atoms with Crippen molar-refractivity contribution in [3.8, 4) is 5.75 Å². The first kappa shape index (κ1) is 14.8. The Kier molecular flexibility index (Phi) is 3.11. The van der Waals surface area contributed by atoms with Gasteiger partial charge in [-0.1, -0.05) is 32.4 Å². The van der Waals surface area contributed by atoms with Crippen LogP contribution >= 0.6 is 11.6 Å². The molecule has 5 heteroatoms. The van der Waals surface area contributed by atoms with Crippen LogP contribution in [0.15, 0.2) is 6.07 Å². The zero-order valence-electron chi connectivity index (χ0n) is 12.7. The second-order valence-electron chi connectivity index (χ2n) is 7.23. The molecule has 2 bridgehead atoms. The molecule has 2 fully saturated rings. The Hall–Kier alpha value is -1.16. The molecule has 0 amide bonds. The topological polar surface area (TPSA) is 61.3 Å². The Labute approximate surface area is 129 Å². The number of nitrogen functional groups attached to an aromatic ring is 2. The van der Waals surface area contributed by atoms with Crippen molar-refractivity contribution < 1.29 is 9.13 Å². The minimum atomic E-state index is -0.654. The number of ether oxygens (including phenoxy) is 1. The third kappa shape index (κ3) is 1.84. The molecular formula is C16H22ClFN2O. The van der Waals surface area contributed by atoms with E-state index in [4.69, 9.17) is 27.8 Å². The van der Waals surface area contributed by atoms with Crippen LogP contribution < -0.4 is 16.2 Å². The second kappa shape index (κ2) is 4.42. The van der Waals surface area contributed by atoms with Gasteiger partial charge in [0.2, 0.25) is 0 Å². The lowest BCUT2D eigenvalue weighted by molar-refractivity contribution is 0.0283. The third-order valence-corrected chi connectivity index (χ3v) is 6.58. The Morgan fingerprint density at radius 2 is 1.95 bits per heavy atom. The molecule has 3 unspecified atom stereocenters. The summed E-state index contributed by atoms with van der Waals surface area (Å²) in [6, 6.07) is 1.46. The fraction of sp³-hybridized carbons (Fsp3) is 0.625. The molecule has 3 nitrogen and oxygen atoms in total. The monoisotopic (exact) mass is 312 g/mol. The molecule has 3 rings (SSSR count). The molecular weight excluding hydrogens is 291 g/mol. The molecule has 0 aromatic heterocycles. The van der Waals surface area contributed by atoms with E-state index in [-0.39, 0.29) is 39.1 Å². The smallest absolute Gasteiger partial charge is 0.187 e. The normalized spacial score (nSPS) is 33.4. The van der Waals surface area contributed by atoms with Gasteiger partial charge in [-0.25, -0.2) is 4.39 Å². The molecule has 0 spiro atoms. The molecule has 2 saturated carbocycles. The van der Waals surface area contributed by atoms with Crippen molar-refractivity contribution in [3.63, 3.8) is 0 Å². The summed E-state index contributed by atoms with van der Waals surface area (Å²) in [6.07, 6.45) is 3.20. The highest BCUT2D eigenvalue weighted by Crippen LogP contribution is 2.66. The van der Waals surface area contributed by atoms with Crippen molar-refractivity contribution in [1.82, 2.24) is 0 Å². The number of anilines is 2. The van der Waals surface area contributed by atoms with Crippen molar-refractivity contribution in [1.29, 1.82) is 0 Å². The summed E-state index contributed by atoms with van der Waals surface area (Å²) in [5, 5.41) is -0.119. The van der Waals surface area contributed by atoms with Gasteiger partial charge in [-0.05, 0) is 36.7 Å². The number of rotatable bonds is 2. The molecule has 1 aromatic rings. The summed E-state index contributed by atoms with van der Waals surface area (Å²) in [6.45, 7) is 6.80. The number of nitrogens with two attached hydrogens (primary N) is 2. The van der Waals surface area contributed by atoms with Crippen LogP contribution in [0.2, 0.25) is 5.02 Å². The Balaban J connectivity index is 1.95. The van der Waals surface area contributed by atoms with E-state index in [1.54, 1.807) is 0 Å². The van der Waals surface area contributed by atoms with Gasteiger partial charge in [0.25, 0.3) is 0 Å². The first-order chi connectivity index (χ1) is 9.68. The zero-order chi connectivity index (χ0) is 15.6. The van der Waals surface area contributed by atoms with E-state index in [9.17, 15) is 4.39 Å². The third-order valence-electron chi connectivity index (χ3n) is 6.19. The first-order valence-electron chi connectivity index (χ1n) is 7.38. The summed E-state index contributed by atoms with van der Waals surface area (Å²) < 4.78 is 20.3. The van der Waals surface area contributed by atoms with E-state index in [2.05, 4.69) is 20.8 Å². The van der Waals surface area contributed by atoms with Gasteiger partial charge < -0.3 is 16.2 Å². The average Bonchev–Trinajstić information content (AvgIpc) is 2.74. The molecule has 0 saturated heterocycles. The maximum absolute atomic E-state index is 14.3. The summed E-state index contributed by atoms with van der Waals surface area (Å²) >= 11 is 5.87. The van der Waals surface area contributed by atoms with Crippen molar-refractivity contribution in [2.45, 2.75) is 46.1 Å². The van der Waals surface area contributed by atoms with Crippen LogP contribution in [0.5, 0.6) is 5.75 Å². The van der Waals surface area contributed by atoms with Crippen LogP contribution in [-0.4, -0.2) is 6.10 Å². The van der Waals surface area contributed by atoms with Crippen LogP contribution in [0, 0.1) is 22.6 Å². The maximum Gasteiger partial charge on any atom is 0.187 e. The van der Waals surface area contributed by atoms with Gasteiger partial charge in [-0.15, -0.1) is 0 Å². The van der Waals surface area contributed by atoms with Crippen LogP contribution in [0.25, 0.3) is 0 Å². The van der Waals surface area contributed by atoms with Crippen molar-refractivity contribution in [2.75, 3.05) is 11.5 Å². The molecule has 1 aromatic carbocycles. The number of halogens is 2. The predicted octanol–water partition coefficient (Wildman–Crippen LogP) is 4.24. The van der Waals surface area contributed by atoms with Gasteiger partial charge >= 0.3 is 0 Å². The molecule has 0 radical (unpaired) electrons. The van der Waals surface area contributed by atoms with Crippen LogP contribution in [0.1, 0.15) is 40.0 Å². The molecule has 116 valence electrons. The second-order valence-corrected chi connectivity index (χ2v) is 7.61. The van der Waals surface area contributed by atoms with E-state index in [0.717, 1.165) is 12.8 Å². The fourth-order valence-electron chi connectivity index (χ4n) is 4.22. The molecule has 4 N–H and O–H groups in total. The Morgan fingerprint density at radius 3 is 2.48 bits per heavy atom. The predicted molar refractivity (Wildman–Crippen MR) is 83.9 cm³/mol. The van der Waals surface area contributed by atoms with Gasteiger partial charge in [0, 0.05) is 5.41 Å². The van der Waals surface area contributed by atoms with Gasteiger partial charge in [0.1, 0.15) is 11.1 Å². The lowest BCUT2D eigenvalue weighted by Gasteiger charge is -2.39. The summed E-state index contributed by atoms with van der Waals surface area (Å²) in [4.78, 5) is 0. The van der Waals surface area contributed by atoms with Crippen LogP contribution in [0.4, 0.5) is 15.8 Å².